The molecule has 1 aliphatic rings. The van der Waals surface area contributed by atoms with E-state index in [2.05, 4.69) is 5.32 Å². The molecule has 1 aromatic rings. The lowest BCUT2D eigenvalue weighted by Gasteiger charge is -2.31. The minimum atomic E-state index is -1.12. The zero-order valence-corrected chi connectivity index (χ0v) is 14.3. The Morgan fingerprint density at radius 2 is 2.12 bits per heavy atom. The van der Waals surface area contributed by atoms with Crippen LogP contribution in [0.4, 0.5) is 11.4 Å². The number of ether oxygens (including phenoxy) is 2. The Bertz CT molecular complexity index is 674. The molecule has 1 saturated heterocycles. The molecule has 1 aliphatic heterocycles. The maximum atomic E-state index is 12.3. The lowest BCUT2D eigenvalue weighted by molar-refractivity contribution is -0.384. The number of carbonyl (C=O) groups is 2. The number of nitro groups is 1. The van der Waals surface area contributed by atoms with E-state index in [1.165, 1.54) is 18.2 Å². The van der Waals surface area contributed by atoms with Gasteiger partial charge >= 0.3 is 5.97 Å². The van der Waals surface area contributed by atoms with Gasteiger partial charge in [-0.3, -0.25) is 24.6 Å². The zero-order valence-electron chi connectivity index (χ0n) is 14.3. The third-order valence-corrected chi connectivity index (χ3v) is 3.90. The molecule has 142 valence electrons. The summed E-state index contributed by atoms with van der Waals surface area (Å²) in [5.41, 5.74) is -0.322. The molecule has 26 heavy (non-hydrogen) atoms. The second kappa shape index (κ2) is 9.11. The highest BCUT2D eigenvalue weighted by Crippen LogP contribution is 2.29. The van der Waals surface area contributed by atoms with Crippen LogP contribution >= 0.6 is 0 Å². The highest BCUT2D eigenvalue weighted by molar-refractivity contribution is 5.96. The SMILES string of the molecule is CCOc1ccc(NC(=O)CC(C(=O)O)N2CCOCC2)c([N+](=O)[O-])c1. The Morgan fingerprint density at radius 1 is 1.42 bits per heavy atom. The van der Waals surface area contributed by atoms with Crippen molar-refractivity contribution in [2.45, 2.75) is 19.4 Å². The van der Waals surface area contributed by atoms with E-state index < -0.39 is 22.8 Å². The molecular formula is C16H21N3O7. The van der Waals surface area contributed by atoms with Crippen molar-refractivity contribution in [3.63, 3.8) is 0 Å². The molecule has 0 aromatic heterocycles. The fourth-order valence-electron chi connectivity index (χ4n) is 2.66. The van der Waals surface area contributed by atoms with E-state index in [1.807, 2.05) is 0 Å². The van der Waals surface area contributed by atoms with E-state index in [9.17, 15) is 24.8 Å². The van der Waals surface area contributed by atoms with E-state index in [0.717, 1.165) is 0 Å². The van der Waals surface area contributed by atoms with Crippen LogP contribution in [0.3, 0.4) is 0 Å². The van der Waals surface area contributed by atoms with Gasteiger partial charge in [-0.1, -0.05) is 0 Å². The topological polar surface area (TPSA) is 131 Å². The molecule has 0 saturated carbocycles. The number of benzene rings is 1. The number of anilines is 1. The number of hydrogen-bond donors (Lipinski definition) is 2. The van der Waals surface area contributed by atoms with Gasteiger partial charge in [-0.15, -0.1) is 0 Å². The molecular weight excluding hydrogens is 346 g/mol. The maximum absolute atomic E-state index is 12.3. The predicted octanol–water partition coefficient (Wildman–Crippen LogP) is 1.11. The second-order valence-corrected chi connectivity index (χ2v) is 5.62. The molecule has 0 radical (unpaired) electrons. The van der Waals surface area contributed by atoms with Gasteiger partial charge in [0.25, 0.3) is 5.69 Å². The average molecular weight is 367 g/mol. The standard InChI is InChI=1S/C16H21N3O7/c1-2-26-11-3-4-12(13(9-11)19(23)24)17-15(20)10-14(16(21)22)18-5-7-25-8-6-18/h3-4,9,14H,2,5-8,10H2,1H3,(H,17,20)(H,21,22). The Hall–Kier alpha value is -2.72. The van der Waals surface area contributed by atoms with Crippen LogP contribution in [0.1, 0.15) is 13.3 Å². The summed E-state index contributed by atoms with van der Waals surface area (Å²) in [6.07, 6.45) is -0.320. The van der Waals surface area contributed by atoms with Crippen molar-refractivity contribution in [3.8, 4) is 5.75 Å². The van der Waals surface area contributed by atoms with Crippen molar-refractivity contribution in [2.75, 3.05) is 38.2 Å². The van der Waals surface area contributed by atoms with Gasteiger partial charge in [0, 0.05) is 13.1 Å². The molecule has 10 nitrogen and oxygen atoms in total. The van der Waals surface area contributed by atoms with Gasteiger partial charge in [-0.25, -0.2) is 0 Å². The van der Waals surface area contributed by atoms with Gasteiger partial charge in [0.15, 0.2) is 0 Å². The second-order valence-electron chi connectivity index (χ2n) is 5.62. The largest absolute Gasteiger partial charge is 0.494 e. The summed E-state index contributed by atoms with van der Waals surface area (Å²) in [6.45, 7) is 3.72. The van der Waals surface area contributed by atoms with Gasteiger partial charge in [-0.05, 0) is 19.1 Å². The summed E-state index contributed by atoms with van der Waals surface area (Å²) in [7, 11) is 0. The molecule has 1 fully saturated rings. The normalized spacial score (nSPS) is 15.9. The van der Waals surface area contributed by atoms with Gasteiger partial charge < -0.3 is 19.9 Å². The van der Waals surface area contributed by atoms with Crippen molar-refractivity contribution in [1.29, 1.82) is 0 Å². The van der Waals surface area contributed by atoms with Crippen molar-refractivity contribution in [3.05, 3.63) is 28.3 Å². The van der Waals surface area contributed by atoms with Gasteiger partial charge in [0.1, 0.15) is 17.5 Å². The van der Waals surface area contributed by atoms with Gasteiger partial charge in [-0.2, -0.15) is 0 Å². The van der Waals surface area contributed by atoms with Crippen molar-refractivity contribution >= 4 is 23.3 Å². The molecule has 1 aromatic carbocycles. The Kier molecular flexibility index (Phi) is 6.87. The van der Waals surface area contributed by atoms with Crippen LogP contribution in [0.2, 0.25) is 0 Å². The quantitative estimate of drug-likeness (QED) is 0.516. The molecule has 1 atom stereocenters. The van der Waals surface area contributed by atoms with Crippen LogP contribution in [0.15, 0.2) is 18.2 Å². The number of aliphatic carboxylic acids is 1. The van der Waals surface area contributed by atoms with E-state index >= 15 is 0 Å². The van der Waals surface area contributed by atoms with Crippen LogP contribution in [-0.4, -0.2) is 65.8 Å². The smallest absolute Gasteiger partial charge is 0.321 e. The molecule has 0 aliphatic carbocycles. The first-order valence-corrected chi connectivity index (χ1v) is 8.18. The van der Waals surface area contributed by atoms with Gasteiger partial charge in [0.2, 0.25) is 5.91 Å². The van der Waals surface area contributed by atoms with Crippen LogP contribution < -0.4 is 10.1 Å². The van der Waals surface area contributed by atoms with Gasteiger partial charge in [0.05, 0.1) is 37.2 Å². The van der Waals surface area contributed by atoms with E-state index in [0.29, 0.717) is 38.7 Å². The summed E-state index contributed by atoms with van der Waals surface area (Å²) < 4.78 is 10.4. The molecule has 2 rings (SSSR count). The number of nitro benzene ring substituents is 1. The molecule has 0 spiro atoms. The molecule has 2 N–H and O–H groups in total. The summed E-state index contributed by atoms with van der Waals surface area (Å²) in [5, 5.41) is 23.0. The van der Waals surface area contributed by atoms with Crippen molar-refractivity contribution in [2.24, 2.45) is 0 Å². The Balaban J connectivity index is 2.10. The zero-order chi connectivity index (χ0) is 19.1. The van der Waals surface area contributed by atoms with Crippen molar-refractivity contribution < 1.29 is 29.1 Å². The average Bonchev–Trinajstić information content (AvgIpc) is 2.61. The number of nitrogens with zero attached hydrogens (tertiary/aromatic N) is 2. The van der Waals surface area contributed by atoms with E-state index in [4.69, 9.17) is 9.47 Å². The number of amides is 1. The number of rotatable bonds is 8. The summed E-state index contributed by atoms with van der Waals surface area (Å²) in [4.78, 5) is 36.0. The maximum Gasteiger partial charge on any atom is 0.321 e. The number of carboxylic acids is 1. The first-order valence-electron chi connectivity index (χ1n) is 8.18. The highest BCUT2D eigenvalue weighted by atomic mass is 16.6. The minimum Gasteiger partial charge on any atom is -0.494 e. The highest BCUT2D eigenvalue weighted by Gasteiger charge is 2.30. The molecule has 1 unspecified atom stereocenters. The number of hydrogen-bond acceptors (Lipinski definition) is 7. The molecule has 0 bridgehead atoms. The molecule has 1 amide bonds. The van der Waals surface area contributed by atoms with Crippen LogP contribution in [0.25, 0.3) is 0 Å². The number of carbonyl (C=O) groups excluding carboxylic acids is 1. The van der Waals surface area contributed by atoms with E-state index in [1.54, 1.807) is 11.8 Å². The van der Waals surface area contributed by atoms with E-state index in [-0.39, 0.29) is 17.8 Å². The first kappa shape index (κ1) is 19.6. The van der Waals surface area contributed by atoms with Crippen LogP contribution in [-0.2, 0) is 14.3 Å². The van der Waals surface area contributed by atoms with Crippen LogP contribution in [0.5, 0.6) is 5.75 Å². The number of morpholine rings is 1. The molecule has 1 heterocycles. The monoisotopic (exact) mass is 367 g/mol. The summed E-state index contributed by atoms with van der Waals surface area (Å²) in [5.74, 6) is -1.42. The third kappa shape index (κ3) is 5.14. The number of nitrogens with one attached hydrogen (secondary N) is 1. The predicted molar refractivity (Wildman–Crippen MR) is 91.3 cm³/mol. The minimum absolute atomic E-state index is 0.00503. The number of carboxylic acid groups (broad SMARTS) is 1. The fourth-order valence-corrected chi connectivity index (χ4v) is 2.66. The Morgan fingerprint density at radius 3 is 2.69 bits per heavy atom. The fraction of sp³-hybridized carbons (Fsp3) is 0.500. The van der Waals surface area contributed by atoms with Crippen LogP contribution in [0, 0.1) is 10.1 Å². The molecule has 10 heteroatoms. The lowest BCUT2D eigenvalue weighted by Crippen LogP contribution is -2.48. The first-order chi connectivity index (χ1) is 12.4. The summed E-state index contributed by atoms with van der Waals surface area (Å²) >= 11 is 0. The van der Waals surface area contributed by atoms with Crippen molar-refractivity contribution in [1.82, 2.24) is 4.90 Å². The summed E-state index contributed by atoms with van der Waals surface area (Å²) in [6, 6.07) is 3.07. The lowest BCUT2D eigenvalue weighted by atomic mass is 10.1. The Labute approximate surface area is 149 Å². The third-order valence-electron chi connectivity index (χ3n) is 3.90.